The van der Waals surface area contributed by atoms with Crippen LogP contribution in [0, 0.1) is 0 Å². The smallest absolute Gasteiger partial charge is 0.330 e. The number of rotatable bonds is 9. The number of carbonyl (C=O) groups excluding carboxylic acids is 2. The summed E-state index contributed by atoms with van der Waals surface area (Å²) in [5, 5.41) is 0. The lowest BCUT2D eigenvalue weighted by molar-refractivity contribution is -0.161. The summed E-state index contributed by atoms with van der Waals surface area (Å²) in [6.45, 7) is 2.55. The Bertz CT molecular complexity index is 259. The largest absolute Gasteiger partial charge is 0.391 e. The third-order valence-electron chi connectivity index (χ3n) is 2.64. The molecule has 0 aliphatic heterocycles. The zero-order chi connectivity index (χ0) is 14.0. The number of esters is 2. The van der Waals surface area contributed by atoms with Crippen molar-refractivity contribution in [3.05, 3.63) is 0 Å². The lowest BCUT2D eigenvalue weighted by Crippen LogP contribution is -2.39. The molecule has 0 aromatic carbocycles. The van der Waals surface area contributed by atoms with Crippen LogP contribution >= 0.6 is 0 Å². The summed E-state index contributed by atoms with van der Waals surface area (Å²) >= 11 is 0. The Hall–Kier alpha value is -0.980. The molecule has 0 unspecified atom stereocenters. The first-order valence-corrected chi connectivity index (χ1v) is 6.49. The third-order valence-corrected chi connectivity index (χ3v) is 2.64. The molecule has 0 heterocycles. The van der Waals surface area contributed by atoms with Gasteiger partial charge in [-0.1, -0.05) is 26.2 Å². The highest BCUT2D eigenvalue weighted by molar-refractivity contribution is 5.90. The number of hydrogen-bond acceptors (Lipinski definition) is 6. The van der Waals surface area contributed by atoms with Crippen LogP contribution in [0.25, 0.3) is 0 Å². The van der Waals surface area contributed by atoms with E-state index in [-0.39, 0.29) is 0 Å². The predicted molar refractivity (Wildman–Crippen MR) is 69.5 cm³/mol. The van der Waals surface area contributed by atoms with Crippen molar-refractivity contribution in [2.24, 2.45) is 17.2 Å². The Morgan fingerprint density at radius 2 is 1.50 bits per heavy atom. The number of unbranched alkanes of at least 4 members (excludes halogenated alkanes) is 2. The van der Waals surface area contributed by atoms with Gasteiger partial charge in [0.1, 0.15) is 12.1 Å². The van der Waals surface area contributed by atoms with Crippen molar-refractivity contribution in [1.82, 2.24) is 0 Å². The molecule has 106 valence electrons. The van der Waals surface area contributed by atoms with Gasteiger partial charge < -0.3 is 21.9 Å². The van der Waals surface area contributed by atoms with Crippen molar-refractivity contribution >= 4 is 11.9 Å². The summed E-state index contributed by atoms with van der Waals surface area (Å²) in [6, 6.07) is -1.52. The summed E-state index contributed by atoms with van der Waals surface area (Å²) < 4.78 is 4.64. The fourth-order valence-electron chi connectivity index (χ4n) is 1.42. The second-order valence-electron chi connectivity index (χ2n) is 4.38. The standard InChI is InChI=1S/C12H25N3O3/c1-2-3-6-9(14)11(16)18-12(17)10(15)7-4-5-8-13/h9-10H,2-8,13-15H2,1H3/t9-,10-/m0/s1. The average Bonchev–Trinajstić information content (AvgIpc) is 2.35. The normalized spacial score (nSPS) is 14.0. The van der Waals surface area contributed by atoms with E-state index in [1.54, 1.807) is 0 Å². The minimum atomic E-state index is -0.779. The molecule has 6 N–H and O–H groups in total. The minimum absolute atomic E-state index is 0.466. The van der Waals surface area contributed by atoms with E-state index in [1.165, 1.54) is 0 Å². The van der Waals surface area contributed by atoms with E-state index in [1.807, 2.05) is 6.92 Å². The lowest BCUT2D eigenvalue weighted by atomic mass is 10.1. The minimum Gasteiger partial charge on any atom is -0.391 e. The van der Waals surface area contributed by atoms with Gasteiger partial charge in [0.25, 0.3) is 0 Å². The first-order chi connectivity index (χ1) is 8.52. The predicted octanol–water partition coefficient (Wildman–Crippen LogP) is 0.0300. The maximum absolute atomic E-state index is 11.5. The van der Waals surface area contributed by atoms with Crippen molar-refractivity contribution in [1.29, 1.82) is 0 Å². The van der Waals surface area contributed by atoms with Crippen LogP contribution in [0.4, 0.5) is 0 Å². The summed E-state index contributed by atoms with van der Waals surface area (Å²) in [5.41, 5.74) is 16.5. The second-order valence-corrected chi connectivity index (χ2v) is 4.38. The molecule has 2 atom stereocenters. The van der Waals surface area contributed by atoms with E-state index in [4.69, 9.17) is 17.2 Å². The quantitative estimate of drug-likeness (QED) is 0.305. The number of hydrogen-bond donors (Lipinski definition) is 3. The number of nitrogens with two attached hydrogens (primary N) is 3. The van der Waals surface area contributed by atoms with Crippen LogP contribution in [-0.4, -0.2) is 30.6 Å². The van der Waals surface area contributed by atoms with E-state index < -0.39 is 24.0 Å². The Morgan fingerprint density at radius 1 is 1.00 bits per heavy atom. The van der Waals surface area contributed by atoms with Crippen molar-refractivity contribution in [3.8, 4) is 0 Å². The monoisotopic (exact) mass is 259 g/mol. The fraction of sp³-hybridized carbons (Fsp3) is 0.833. The SMILES string of the molecule is CCCC[C@H](N)C(=O)OC(=O)[C@@H](N)CCCCN. The fourth-order valence-corrected chi connectivity index (χ4v) is 1.42. The second kappa shape index (κ2) is 9.99. The number of ether oxygens (including phenoxy) is 1. The lowest BCUT2D eigenvalue weighted by Gasteiger charge is -2.13. The topological polar surface area (TPSA) is 121 Å². The third kappa shape index (κ3) is 7.37. The number of carbonyl (C=O) groups is 2. The van der Waals surface area contributed by atoms with Crippen molar-refractivity contribution in [2.75, 3.05) is 6.54 Å². The van der Waals surface area contributed by atoms with Crippen molar-refractivity contribution < 1.29 is 14.3 Å². The molecular formula is C12H25N3O3. The average molecular weight is 259 g/mol. The van der Waals surface area contributed by atoms with Crippen LogP contribution in [0.2, 0.25) is 0 Å². The van der Waals surface area contributed by atoms with E-state index in [0.717, 1.165) is 25.7 Å². The van der Waals surface area contributed by atoms with Crippen LogP contribution in [0.15, 0.2) is 0 Å². The Labute approximate surface area is 108 Å². The molecule has 0 amide bonds. The van der Waals surface area contributed by atoms with E-state index in [9.17, 15) is 9.59 Å². The molecule has 18 heavy (non-hydrogen) atoms. The van der Waals surface area contributed by atoms with E-state index >= 15 is 0 Å². The molecule has 0 fully saturated rings. The molecule has 0 aromatic rings. The van der Waals surface area contributed by atoms with Gasteiger partial charge in [0, 0.05) is 0 Å². The molecule has 0 saturated carbocycles. The molecule has 0 spiro atoms. The Balaban J connectivity index is 3.94. The molecule has 0 rings (SSSR count). The van der Waals surface area contributed by atoms with Gasteiger partial charge in [-0.25, -0.2) is 9.59 Å². The Morgan fingerprint density at radius 3 is 1.94 bits per heavy atom. The molecular weight excluding hydrogens is 234 g/mol. The van der Waals surface area contributed by atoms with Crippen molar-refractivity contribution in [2.45, 2.75) is 57.5 Å². The zero-order valence-electron chi connectivity index (χ0n) is 11.1. The molecule has 0 aromatic heterocycles. The van der Waals surface area contributed by atoms with Crippen LogP contribution in [-0.2, 0) is 14.3 Å². The first kappa shape index (κ1) is 17.0. The molecule has 0 aliphatic carbocycles. The van der Waals surface area contributed by atoms with Crippen molar-refractivity contribution in [3.63, 3.8) is 0 Å². The molecule has 0 aliphatic rings. The van der Waals surface area contributed by atoms with Gasteiger partial charge in [0.05, 0.1) is 0 Å². The zero-order valence-corrected chi connectivity index (χ0v) is 11.1. The van der Waals surface area contributed by atoms with Gasteiger partial charge >= 0.3 is 11.9 Å². The molecule has 6 heteroatoms. The van der Waals surface area contributed by atoms with Gasteiger partial charge in [-0.05, 0) is 25.8 Å². The first-order valence-electron chi connectivity index (χ1n) is 6.49. The highest BCUT2D eigenvalue weighted by Crippen LogP contribution is 2.03. The van der Waals surface area contributed by atoms with E-state index in [2.05, 4.69) is 4.74 Å². The maximum Gasteiger partial charge on any atom is 0.330 e. The van der Waals surface area contributed by atoms with Gasteiger partial charge in [0.15, 0.2) is 0 Å². The highest BCUT2D eigenvalue weighted by Gasteiger charge is 2.22. The van der Waals surface area contributed by atoms with Crippen LogP contribution in [0.1, 0.15) is 45.4 Å². The highest BCUT2D eigenvalue weighted by atomic mass is 16.6. The van der Waals surface area contributed by atoms with E-state index in [0.29, 0.717) is 19.4 Å². The molecule has 0 saturated heterocycles. The van der Waals surface area contributed by atoms with Crippen LogP contribution < -0.4 is 17.2 Å². The van der Waals surface area contributed by atoms with Gasteiger partial charge in [-0.3, -0.25) is 0 Å². The summed E-state index contributed by atoms with van der Waals surface area (Å²) in [6.07, 6.45) is 4.28. The summed E-state index contributed by atoms with van der Waals surface area (Å²) in [4.78, 5) is 22.9. The van der Waals surface area contributed by atoms with Gasteiger partial charge in [-0.2, -0.15) is 0 Å². The molecule has 0 radical (unpaired) electrons. The Kier molecular flexibility index (Phi) is 9.45. The van der Waals surface area contributed by atoms with Crippen LogP contribution in [0.3, 0.4) is 0 Å². The van der Waals surface area contributed by atoms with Crippen LogP contribution in [0.5, 0.6) is 0 Å². The van der Waals surface area contributed by atoms with Gasteiger partial charge in [-0.15, -0.1) is 0 Å². The molecule has 6 nitrogen and oxygen atoms in total. The van der Waals surface area contributed by atoms with Gasteiger partial charge in [0.2, 0.25) is 0 Å². The molecule has 0 bridgehead atoms. The maximum atomic E-state index is 11.5. The summed E-state index contributed by atoms with van der Waals surface area (Å²) in [7, 11) is 0. The summed E-state index contributed by atoms with van der Waals surface area (Å²) in [5.74, 6) is -1.40.